The molecule has 2 N–H and O–H groups in total. The van der Waals surface area contributed by atoms with E-state index in [1.165, 1.54) is 22.3 Å². The first-order valence-corrected chi connectivity index (χ1v) is 7.58. The molecule has 21 heavy (non-hydrogen) atoms. The summed E-state index contributed by atoms with van der Waals surface area (Å²) >= 11 is 0. The Labute approximate surface area is 127 Å². The van der Waals surface area contributed by atoms with Crippen LogP contribution < -0.4 is 10.6 Å². The SMILES string of the molecule is Cc1cc(C)c(CNCCCNc2ccncc2)c(C)c1. The minimum Gasteiger partial charge on any atom is -0.385 e. The third-order valence-corrected chi connectivity index (χ3v) is 3.68. The molecule has 1 aromatic carbocycles. The molecule has 0 unspecified atom stereocenters. The van der Waals surface area contributed by atoms with Gasteiger partial charge in [-0.25, -0.2) is 0 Å². The van der Waals surface area contributed by atoms with Crippen LogP contribution in [0.15, 0.2) is 36.7 Å². The second-order valence-electron chi connectivity index (χ2n) is 5.57. The zero-order valence-electron chi connectivity index (χ0n) is 13.2. The van der Waals surface area contributed by atoms with Gasteiger partial charge in [-0.2, -0.15) is 0 Å². The zero-order chi connectivity index (χ0) is 15.1. The van der Waals surface area contributed by atoms with Crippen molar-refractivity contribution in [2.45, 2.75) is 33.7 Å². The van der Waals surface area contributed by atoms with Gasteiger partial charge in [0.25, 0.3) is 0 Å². The Bertz CT molecular complexity index is 541. The Morgan fingerprint density at radius 2 is 1.62 bits per heavy atom. The number of anilines is 1. The van der Waals surface area contributed by atoms with Crippen LogP contribution in [0, 0.1) is 20.8 Å². The first-order chi connectivity index (χ1) is 10.2. The Morgan fingerprint density at radius 1 is 0.952 bits per heavy atom. The van der Waals surface area contributed by atoms with Gasteiger partial charge in [0.2, 0.25) is 0 Å². The van der Waals surface area contributed by atoms with E-state index in [1.807, 2.05) is 24.5 Å². The van der Waals surface area contributed by atoms with Crippen molar-refractivity contribution in [1.29, 1.82) is 0 Å². The minimum atomic E-state index is 0.952. The number of nitrogens with one attached hydrogen (secondary N) is 2. The van der Waals surface area contributed by atoms with Gasteiger partial charge in [0.15, 0.2) is 0 Å². The molecule has 0 fully saturated rings. The monoisotopic (exact) mass is 283 g/mol. The Balaban J connectivity index is 1.68. The third kappa shape index (κ3) is 4.87. The molecule has 0 amide bonds. The van der Waals surface area contributed by atoms with E-state index in [0.717, 1.165) is 31.7 Å². The van der Waals surface area contributed by atoms with Crippen LogP contribution >= 0.6 is 0 Å². The number of rotatable bonds is 7. The molecule has 0 aliphatic rings. The van der Waals surface area contributed by atoms with Gasteiger partial charge in [0.05, 0.1) is 0 Å². The lowest BCUT2D eigenvalue weighted by Crippen LogP contribution is -2.19. The van der Waals surface area contributed by atoms with Crippen LogP contribution in [0.3, 0.4) is 0 Å². The van der Waals surface area contributed by atoms with E-state index in [1.54, 1.807) is 0 Å². The third-order valence-electron chi connectivity index (χ3n) is 3.68. The summed E-state index contributed by atoms with van der Waals surface area (Å²) in [7, 11) is 0. The van der Waals surface area contributed by atoms with Crippen molar-refractivity contribution in [2.75, 3.05) is 18.4 Å². The highest BCUT2D eigenvalue weighted by Crippen LogP contribution is 2.15. The number of nitrogens with zero attached hydrogens (tertiary/aromatic N) is 1. The molecule has 0 spiro atoms. The highest BCUT2D eigenvalue weighted by atomic mass is 14.9. The summed E-state index contributed by atoms with van der Waals surface area (Å²) in [6.45, 7) is 9.49. The van der Waals surface area contributed by atoms with Gasteiger partial charge >= 0.3 is 0 Å². The molecule has 3 nitrogen and oxygen atoms in total. The van der Waals surface area contributed by atoms with Crippen LogP contribution in [0.25, 0.3) is 0 Å². The molecule has 0 saturated heterocycles. The number of aryl methyl sites for hydroxylation is 3. The van der Waals surface area contributed by atoms with Crippen molar-refractivity contribution in [3.8, 4) is 0 Å². The molecule has 0 radical (unpaired) electrons. The summed E-state index contributed by atoms with van der Waals surface area (Å²) in [6.07, 6.45) is 4.72. The van der Waals surface area contributed by atoms with E-state index in [0.29, 0.717) is 0 Å². The number of benzene rings is 1. The average Bonchev–Trinajstić information content (AvgIpc) is 2.45. The molecule has 0 saturated carbocycles. The maximum atomic E-state index is 4.01. The van der Waals surface area contributed by atoms with E-state index in [4.69, 9.17) is 0 Å². The number of hydrogen-bond donors (Lipinski definition) is 2. The van der Waals surface area contributed by atoms with E-state index in [9.17, 15) is 0 Å². The van der Waals surface area contributed by atoms with Crippen LogP contribution in [0.2, 0.25) is 0 Å². The minimum absolute atomic E-state index is 0.952. The number of aromatic nitrogens is 1. The molecule has 2 rings (SSSR count). The maximum absolute atomic E-state index is 4.01. The van der Waals surface area contributed by atoms with E-state index in [-0.39, 0.29) is 0 Å². The van der Waals surface area contributed by atoms with Gasteiger partial charge in [-0.3, -0.25) is 4.98 Å². The van der Waals surface area contributed by atoms with Gasteiger partial charge in [0, 0.05) is 31.2 Å². The second-order valence-corrected chi connectivity index (χ2v) is 5.57. The smallest absolute Gasteiger partial charge is 0.0371 e. The Morgan fingerprint density at radius 3 is 2.29 bits per heavy atom. The van der Waals surface area contributed by atoms with E-state index < -0.39 is 0 Å². The van der Waals surface area contributed by atoms with Crippen LogP contribution in [0.4, 0.5) is 5.69 Å². The lowest BCUT2D eigenvalue weighted by molar-refractivity contribution is 0.659. The summed E-state index contributed by atoms with van der Waals surface area (Å²) in [5.74, 6) is 0. The van der Waals surface area contributed by atoms with E-state index >= 15 is 0 Å². The van der Waals surface area contributed by atoms with Crippen molar-refractivity contribution in [3.05, 3.63) is 58.9 Å². The molecule has 1 aromatic heterocycles. The molecule has 0 bridgehead atoms. The topological polar surface area (TPSA) is 37.0 Å². The predicted octanol–water partition coefficient (Wildman–Crippen LogP) is 3.60. The summed E-state index contributed by atoms with van der Waals surface area (Å²) in [4.78, 5) is 4.01. The molecule has 2 aromatic rings. The van der Waals surface area contributed by atoms with Crippen LogP contribution in [0.5, 0.6) is 0 Å². The Kier molecular flexibility index (Phi) is 5.76. The first kappa shape index (κ1) is 15.5. The number of pyridine rings is 1. The summed E-state index contributed by atoms with van der Waals surface area (Å²) < 4.78 is 0. The average molecular weight is 283 g/mol. The van der Waals surface area contributed by atoms with Crippen LogP contribution in [-0.2, 0) is 6.54 Å². The fourth-order valence-electron chi connectivity index (χ4n) is 2.62. The molecule has 0 aliphatic carbocycles. The van der Waals surface area contributed by atoms with E-state index in [2.05, 4.69) is 48.5 Å². The number of hydrogen-bond acceptors (Lipinski definition) is 3. The zero-order valence-corrected chi connectivity index (χ0v) is 13.2. The van der Waals surface area contributed by atoms with Crippen molar-refractivity contribution in [3.63, 3.8) is 0 Å². The second kappa shape index (κ2) is 7.79. The molecular weight excluding hydrogens is 258 g/mol. The molecule has 0 aliphatic heterocycles. The lowest BCUT2D eigenvalue weighted by Gasteiger charge is -2.12. The van der Waals surface area contributed by atoms with Gasteiger partial charge in [0.1, 0.15) is 0 Å². The lowest BCUT2D eigenvalue weighted by atomic mass is 10.00. The van der Waals surface area contributed by atoms with Gasteiger partial charge in [-0.1, -0.05) is 17.7 Å². The fraction of sp³-hybridized carbons (Fsp3) is 0.389. The van der Waals surface area contributed by atoms with Crippen molar-refractivity contribution >= 4 is 5.69 Å². The summed E-state index contributed by atoms with van der Waals surface area (Å²) in [5, 5.41) is 6.93. The molecule has 3 heteroatoms. The molecule has 0 atom stereocenters. The largest absolute Gasteiger partial charge is 0.385 e. The quantitative estimate of drug-likeness (QED) is 0.762. The summed E-state index contributed by atoms with van der Waals surface area (Å²) in [6, 6.07) is 8.50. The fourth-order valence-corrected chi connectivity index (χ4v) is 2.62. The molecular formula is C18H25N3. The molecule has 1 heterocycles. The van der Waals surface area contributed by atoms with Gasteiger partial charge < -0.3 is 10.6 Å². The van der Waals surface area contributed by atoms with Crippen LogP contribution in [0.1, 0.15) is 28.7 Å². The van der Waals surface area contributed by atoms with Gasteiger partial charge in [-0.15, -0.1) is 0 Å². The predicted molar refractivity (Wildman–Crippen MR) is 89.7 cm³/mol. The van der Waals surface area contributed by atoms with Crippen LogP contribution in [-0.4, -0.2) is 18.1 Å². The van der Waals surface area contributed by atoms with Crippen molar-refractivity contribution in [2.24, 2.45) is 0 Å². The highest BCUT2D eigenvalue weighted by Gasteiger charge is 2.03. The Hall–Kier alpha value is -1.87. The maximum Gasteiger partial charge on any atom is 0.0371 e. The first-order valence-electron chi connectivity index (χ1n) is 7.58. The highest BCUT2D eigenvalue weighted by molar-refractivity contribution is 5.40. The van der Waals surface area contributed by atoms with Gasteiger partial charge in [-0.05, 0) is 62.6 Å². The van der Waals surface area contributed by atoms with Crippen molar-refractivity contribution < 1.29 is 0 Å². The molecule has 112 valence electrons. The summed E-state index contributed by atoms with van der Waals surface area (Å²) in [5.41, 5.74) is 6.68. The normalized spacial score (nSPS) is 10.6. The standard InChI is InChI=1S/C18H25N3/c1-14-11-15(2)18(16(3)12-14)13-20-7-4-8-21-17-5-9-19-10-6-17/h5-6,9-12,20H,4,7-8,13H2,1-3H3,(H,19,21). The van der Waals surface area contributed by atoms with Crippen molar-refractivity contribution in [1.82, 2.24) is 10.3 Å².